The van der Waals surface area contributed by atoms with E-state index in [-0.39, 0.29) is 0 Å². The molecule has 0 radical (unpaired) electrons. The number of anilines is 6. The summed E-state index contributed by atoms with van der Waals surface area (Å²) in [6.45, 7) is 2.23. The highest BCUT2D eigenvalue weighted by atomic mass is 15.1. The van der Waals surface area contributed by atoms with Crippen LogP contribution in [0.5, 0.6) is 0 Å². The molecular weight excluding hydrogens is 665 g/mol. The van der Waals surface area contributed by atoms with Crippen molar-refractivity contribution in [3.05, 3.63) is 218 Å². The van der Waals surface area contributed by atoms with E-state index in [1.54, 1.807) is 0 Å². The molecule has 0 bridgehead atoms. The molecule has 0 atom stereocenters. The second kappa shape index (κ2) is 13.7. The van der Waals surface area contributed by atoms with E-state index >= 15 is 0 Å². The fraction of sp³-hybridized carbons (Fsp3) is 0.0189. The van der Waals surface area contributed by atoms with E-state index in [0.29, 0.717) is 0 Å². The molecule has 0 spiro atoms. The lowest BCUT2D eigenvalue weighted by Gasteiger charge is -2.28. The lowest BCUT2D eigenvalue weighted by molar-refractivity contribution is 1.28. The average Bonchev–Trinajstić information content (AvgIpc) is 3.25. The van der Waals surface area contributed by atoms with E-state index in [0.717, 1.165) is 28.4 Å². The van der Waals surface area contributed by atoms with Crippen LogP contribution in [-0.4, -0.2) is 0 Å². The van der Waals surface area contributed by atoms with Gasteiger partial charge in [-0.15, -0.1) is 0 Å². The van der Waals surface area contributed by atoms with Gasteiger partial charge in [-0.05, 0) is 117 Å². The molecule has 0 saturated carbocycles. The summed E-state index contributed by atoms with van der Waals surface area (Å²) in [5.74, 6) is 0. The van der Waals surface area contributed by atoms with E-state index in [1.807, 2.05) is 0 Å². The number of para-hydroxylation sites is 2. The molecule has 55 heavy (non-hydrogen) atoms. The molecule has 10 aromatic carbocycles. The van der Waals surface area contributed by atoms with Crippen molar-refractivity contribution >= 4 is 77.2 Å². The van der Waals surface area contributed by atoms with Gasteiger partial charge in [-0.2, -0.15) is 0 Å². The second-order valence-corrected chi connectivity index (χ2v) is 14.2. The Bertz CT molecular complexity index is 2990. The van der Waals surface area contributed by atoms with Gasteiger partial charge < -0.3 is 9.80 Å². The molecule has 2 heteroatoms. The number of hydrogen-bond acceptors (Lipinski definition) is 2. The number of aryl methyl sites for hydroxylation is 1. The number of hydrogen-bond donors (Lipinski definition) is 0. The summed E-state index contributed by atoms with van der Waals surface area (Å²) in [7, 11) is 0. The van der Waals surface area contributed by atoms with Gasteiger partial charge in [0, 0.05) is 33.5 Å². The Hall–Kier alpha value is -7.16. The van der Waals surface area contributed by atoms with Gasteiger partial charge in [-0.1, -0.05) is 152 Å². The van der Waals surface area contributed by atoms with Crippen molar-refractivity contribution in [2.24, 2.45) is 0 Å². The van der Waals surface area contributed by atoms with Gasteiger partial charge in [0.25, 0.3) is 0 Å². The first-order valence-electron chi connectivity index (χ1n) is 18.9. The third-order valence-electron chi connectivity index (χ3n) is 10.9. The third-order valence-corrected chi connectivity index (χ3v) is 10.9. The molecule has 10 rings (SSSR count). The number of rotatable bonds is 7. The maximum atomic E-state index is 2.40. The summed E-state index contributed by atoms with van der Waals surface area (Å²) in [5, 5.41) is 9.95. The summed E-state index contributed by atoms with van der Waals surface area (Å²) in [4.78, 5) is 4.79. The molecule has 0 saturated heterocycles. The molecule has 0 N–H and O–H groups in total. The van der Waals surface area contributed by atoms with Gasteiger partial charge in [0.1, 0.15) is 0 Å². The zero-order chi connectivity index (χ0) is 36.7. The molecule has 260 valence electrons. The number of benzene rings is 10. The van der Waals surface area contributed by atoms with Crippen molar-refractivity contribution in [1.29, 1.82) is 0 Å². The van der Waals surface area contributed by atoms with Crippen LogP contribution >= 0.6 is 0 Å². The summed E-state index contributed by atoms with van der Waals surface area (Å²) in [6.07, 6.45) is 0. The molecule has 10 aromatic rings. The Morgan fingerprint density at radius 1 is 0.291 bits per heavy atom. The van der Waals surface area contributed by atoms with Gasteiger partial charge in [-0.3, -0.25) is 0 Å². The Balaban J connectivity index is 1.07. The number of fused-ring (bicyclic) bond motifs is 6. The number of nitrogens with zero attached hydrogens (tertiary/aromatic N) is 2. The molecule has 0 heterocycles. The highest BCUT2D eigenvalue weighted by Crippen LogP contribution is 2.45. The van der Waals surface area contributed by atoms with E-state index in [9.17, 15) is 0 Å². The first-order chi connectivity index (χ1) is 27.2. The van der Waals surface area contributed by atoms with Crippen LogP contribution in [0.2, 0.25) is 0 Å². The van der Waals surface area contributed by atoms with Crippen molar-refractivity contribution in [3.8, 4) is 11.1 Å². The maximum Gasteiger partial charge on any atom is 0.0546 e. The molecule has 0 amide bonds. The quantitative estimate of drug-likeness (QED) is 0.153. The monoisotopic (exact) mass is 702 g/mol. The summed E-state index contributed by atoms with van der Waals surface area (Å²) >= 11 is 0. The van der Waals surface area contributed by atoms with Crippen LogP contribution < -0.4 is 9.80 Å². The third kappa shape index (κ3) is 5.76. The summed E-state index contributed by atoms with van der Waals surface area (Å²) in [5.41, 5.74) is 10.4. The van der Waals surface area contributed by atoms with Gasteiger partial charge in [0.2, 0.25) is 0 Å². The van der Waals surface area contributed by atoms with Crippen LogP contribution in [0.15, 0.2) is 212 Å². The van der Waals surface area contributed by atoms with Gasteiger partial charge >= 0.3 is 0 Å². The Labute approximate surface area is 321 Å². The van der Waals surface area contributed by atoms with Crippen LogP contribution in [-0.2, 0) is 0 Å². The van der Waals surface area contributed by atoms with Gasteiger partial charge in [-0.25, -0.2) is 0 Å². The predicted octanol–water partition coefficient (Wildman–Crippen LogP) is 15.2. The van der Waals surface area contributed by atoms with Crippen molar-refractivity contribution in [3.63, 3.8) is 0 Å². The highest BCUT2D eigenvalue weighted by Gasteiger charge is 2.20. The minimum absolute atomic E-state index is 1.11. The Morgan fingerprint density at radius 2 is 0.673 bits per heavy atom. The molecule has 0 aliphatic carbocycles. The minimum atomic E-state index is 1.11. The second-order valence-electron chi connectivity index (χ2n) is 14.2. The Kier molecular flexibility index (Phi) is 8.08. The molecule has 0 fully saturated rings. The molecule has 2 nitrogen and oxygen atoms in total. The van der Waals surface area contributed by atoms with Gasteiger partial charge in [0.15, 0.2) is 0 Å². The summed E-state index contributed by atoms with van der Waals surface area (Å²) < 4.78 is 0. The van der Waals surface area contributed by atoms with Crippen LogP contribution in [0.1, 0.15) is 5.56 Å². The van der Waals surface area contributed by atoms with E-state index in [1.165, 1.54) is 65.5 Å². The van der Waals surface area contributed by atoms with Crippen molar-refractivity contribution in [2.75, 3.05) is 9.80 Å². The molecular formula is C53H38N2. The van der Waals surface area contributed by atoms with Crippen LogP contribution in [0.3, 0.4) is 0 Å². The normalized spacial score (nSPS) is 11.4. The summed E-state index contributed by atoms with van der Waals surface area (Å²) in [6, 6.07) is 76.9. The smallest absolute Gasteiger partial charge is 0.0546 e. The van der Waals surface area contributed by atoms with E-state index in [4.69, 9.17) is 0 Å². The average molecular weight is 703 g/mol. The van der Waals surface area contributed by atoms with Crippen molar-refractivity contribution in [1.82, 2.24) is 0 Å². The topological polar surface area (TPSA) is 6.48 Å². The molecule has 0 aliphatic rings. The zero-order valence-corrected chi connectivity index (χ0v) is 30.6. The molecule has 0 aliphatic heterocycles. The fourth-order valence-electron chi connectivity index (χ4n) is 8.35. The predicted molar refractivity (Wildman–Crippen MR) is 236 cm³/mol. The Morgan fingerprint density at radius 3 is 1.16 bits per heavy atom. The standard InChI is InChI=1S/C53H38N2/c1-37-34-44(55(42-20-6-3-7-21-42)53-36-40-17-9-11-23-47(40)49-25-13-15-27-51(49)53)32-33-45(37)38-28-30-43(31-29-38)54(41-18-4-2-5-19-41)52-35-39-16-8-10-22-46(39)48-24-12-14-26-50(48)52/h2-36H,1H3. The minimum Gasteiger partial charge on any atom is -0.310 e. The first-order valence-corrected chi connectivity index (χ1v) is 18.9. The first kappa shape index (κ1) is 32.5. The fourth-order valence-corrected chi connectivity index (χ4v) is 8.35. The zero-order valence-electron chi connectivity index (χ0n) is 30.6. The van der Waals surface area contributed by atoms with E-state index in [2.05, 4.69) is 229 Å². The van der Waals surface area contributed by atoms with Crippen LogP contribution in [0.4, 0.5) is 34.1 Å². The van der Waals surface area contributed by atoms with Gasteiger partial charge in [0.05, 0.1) is 11.4 Å². The van der Waals surface area contributed by atoms with E-state index < -0.39 is 0 Å². The SMILES string of the molecule is Cc1cc(N(c2ccccc2)c2cc3ccccc3c3ccccc23)ccc1-c1ccc(N(c2ccccc2)c2cc3ccccc3c3ccccc23)cc1. The largest absolute Gasteiger partial charge is 0.310 e. The molecule has 0 aromatic heterocycles. The maximum absolute atomic E-state index is 2.40. The van der Waals surface area contributed by atoms with Crippen LogP contribution in [0.25, 0.3) is 54.2 Å². The lowest BCUT2D eigenvalue weighted by Crippen LogP contribution is -2.11. The van der Waals surface area contributed by atoms with Crippen molar-refractivity contribution < 1.29 is 0 Å². The highest BCUT2D eigenvalue weighted by molar-refractivity contribution is 6.15. The molecule has 0 unspecified atom stereocenters. The van der Waals surface area contributed by atoms with Crippen molar-refractivity contribution in [2.45, 2.75) is 6.92 Å². The van der Waals surface area contributed by atoms with Crippen LogP contribution in [0, 0.1) is 6.92 Å². The lowest BCUT2D eigenvalue weighted by atomic mass is 9.97.